The number of rotatable bonds is 5. The summed E-state index contributed by atoms with van der Waals surface area (Å²) in [5.74, 6) is 0. The van der Waals surface area contributed by atoms with E-state index >= 15 is 0 Å². The first-order valence-electron chi connectivity index (χ1n) is 4.31. The van der Waals surface area contributed by atoms with Gasteiger partial charge in [0.1, 0.15) is 6.61 Å². The van der Waals surface area contributed by atoms with E-state index in [1.807, 2.05) is 0 Å². The molecule has 0 heterocycles. The molecular formula is C10H13F3O2. The molecule has 0 radical (unpaired) electrons. The van der Waals surface area contributed by atoms with Crippen LogP contribution in [0.15, 0.2) is 36.1 Å². The van der Waals surface area contributed by atoms with Crippen molar-refractivity contribution >= 4 is 0 Å². The van der Waals surface area contributed by atoms with Crippen LogP contribution in [0.25, 0.3) is 0 Å². The monoisotopic (exact) mass is 222 g/mol. The Kier molecular flexibility index (Phi) is 6.53. The van der Waals surface area contributed by atoms with Crippen LogP contribution in [-0.2, 0) is 4.74 Å². The first-order chi connectivity index (χ1) is 7.02. The highest BCUT2D eigenvalue weighted by atomic mass is 19.4. The van der Waals surface area contributed by atoms with E-state index < -0.39 is 11.7 Å². The molecule has 0 aromatic carbocycles. The zero-order valence-electron chi connectivity index (χ0n) is 8.29. The van der Waals surface area contributed by atoms with Gasteiger partial charge < -0.3 is 9.84 Å². The first-order valence-corrected chi connectivity index (χ1v) is 4.31. The molecule has 0 aromatic heterocycles. The Morgan fingerprint density at radius 1 is 1.40 bits per heavy atom. The van der Waals surface area contributed by atoms with Crippen molar-refractivity contribution in [3.8, 4) is 0 Å². The van der Waals surface area contributed by atoms with Gasteiger partial charge in [0.05, 0.1) is 18.4 Å². The Labute approximate surface area is 86.4 Å². The molecule has 15 heavy (non-hydrogen) atoms. The lowest BCUT2D eigenvalue weighted by atomic mass is 10.2. The van der Waals surface area contributed by atoms with Gasteiger partial charge in [-0.05, 0) is 13.0 Å². The van der Waals surface area contributed by atoms with E-state index in [1.165, 1.54) is 12.2 Å². The third-order valence-electron chi connectivity index (χ3n) is 1.35. The predicted octanol–water partition coefficient (Wildman–Crippen LogP) is 2.57. The highest BCUT2D eigenvalue weighted by Gasteiger charge is 2.31. The maximum Gasteiger partial charge on any atom is 0.416 e. The summed E-state index contributed by atoms with van der Waals surface area (Å²) < 4.78 is 41.5. The summed E-state index contributed by atoms with van der Waals surface area (Å²) in [6.45, 7) is 1.37. The number of alkyl halides is 3. The smallest absolute Gasteiger partial charge is 0.416 e. The summed E-state index contributed by atoms with van der Waals surface area (Å²) >= 11 is 0. The molecule has 0 amide bonds. The van der Waals surface area contributed by atoms with Gasteiger partial charge in [0, 0.05) is 0 Å². The standard InChI is InChI=1S/C10H13F3O2/c1-2-3-4-9(10(11,12)13)5-7-15-8-6-14/h2-5,7,14H,6,8H2,1H3/b3-2+,7-5+,9-4+. The Morgan fingerprint density at radius 3 is 2.53 bits per heavy atom. The molecule has 0 fully saturated rings. The minimum Gasteiger partial charge on any atom is -0.499 e. The molecule has 1 N–H and O–H groups in total. The van der Waals surface area contributed by atoms with Crippen molar-refractivity contribution in [2.45, 2.75) is 13.1 Å². The number of halogens is 3. The van der Waals surface area contributed by atoms with Crippen molar-refractivity contribution in [3.05, 3.63) is 36.1 Å². The summed E-state index contributed by atoms with van der Waals surface area (Å²) in [5, 5.41) is 8.33. The van der Waals surface area contributed by atoms with Crippen molar-refractivity contribution in [2.24, 2.45) is 0 Å². The second kappa shape index (κ2) is 7.11. The third-order valence-corrected chi connectivity index (χ3v) is 1.35. The topological polar surface area (TPSA) is 29.5 Å². The molecule has 0 atom stereocenters. The van der Waals surface area contributed by atoms with Gasteiger partial charge in [-0.1, -0.05) is 18.2 Å². The van der Waals surface area contributed by atoms with Crippen molar-refractivity contribution in [1.29, 1.82) is 0 Å². The van der Waals surface area contributed by atoms with E-state index in [9.17, 15) is 13.2 Å². The Hall–Kier alpha value is -1.23. The van der Waals surface area contributed by atoms with Crippen LogP contribution in [0.4, 0.5) is 13.2 Å². The molecule has 0 aromatic rings. The second-order valence-electron chi connectivity index (χ2n) is 2.54. The van der Waals surface area contributed by atoms with Crippen LogP contribution in [0, 0.1) is 0 Å². The van der Waals surface area contributed by atoms with E-state index in [-0.39, 0.29) is 13.2 Å². The molecule has 0 rings (SSSR count). The van der Waals surface area contributed by atoms with Crippen LogP contribution in [-0.4, -0.2) is 24.5 Å². The third kappa shape index (κ3) is 6.79. The number of aliphatic hydroxyl groups is 1. The normalized spacial score (nSPS) is 14.1. The van der Waals surface area contributed by atoms with Crippen molar-refractivity contribution < 1.29 is 23.0 Å². The van der Waals surface area contributed by atoms with Crippen LogP contribution in [0.1, 0.15) is 6.92 Å². The number of allylic oxidation sites excluding steroid dienone is 5. The van der Waals surface area contributed by atoms with E-state index in [0.717, 1.165) is 18.4 Å². The fourth-order valence-electron chi connectivity index (χ4n) is 0.687. The van der Waals surface area contributed by atoms with Gasteiger partial charge in [0.15, 0.2) is 0 Å². The lowest BCUT2D eigenvalue weighted by molar-refractivity contribution is -0.0883. The second-order valence-corrected chi connectivity index (χ2v) is 2.54. The molecule has 2 nitrogen and oxygen atoms in total. The lowest BCUT2D eigenvalue weighted by Gasteiger charge is -2.06. The molecule has 0 saturated carbocycles. The van der Waals surface area contributed by atoms with Gasteiger partial charge in [-0.15, -0.1) is 0 Å². The van der Waals surface area contributed by atoms with Crippen LogP contribution in [0.5, 0.6) is 0 Å². The zero-order chi connectivity index (χ0) is 11.7. The van der Waals surface area contributed by atoms with E-state index in [4.69, 9.17) is 5.11 Å². The molecule has 86 valence electrons. The van der Waals surface area contributed by atoms with Crippen molar-refractivity contribution in [3.63, 3.8) is 0 Å². The number of hydrogen-bond donors (Lipinski definition) is 1. The average molecular weight is 222 g/mol. The van der Waals surface area contributed by atoms with Crippen molar-refractivity contribution in [2.75, 3.05) is 13.2 Å². The first kappa shape index (κ1) is 13.8. The minimum atomic E-state index is -4.40. The van der Waals surface area contributed by atoms with Crippen LogP contribution >= 0.6 is 0 Å². The summed E-state index contributed by atoms with van der Waals surface area (Å²) in [6.07, 6.45) is 1.06. The van der Waals surface area contributed by atoms with Gasteiger partial charge in [-0.2, -0.15) is 13.2 Å². The number of ether oxygens (including phenoxy) is 1. The Balaban J connectivity index is 4.46. The average Bonchev–Trinajstić information content (AvgIpc) is 2.15. The Bertz CT molecular complexity index is 252. The number of aliphatic hydroxyl groups excluding tert-OH is 1. The molecule has 0 spiro atoms. The molecule has 5 heteroatoms. The van der Waals surface area contributed by atoms with Gasteiger partial charge in [0.2, 0.25) is 0 Å². The summed E-state index contributed by atoms with van der Waals surface area (Å²) in [6, 6.07) is 0. The van der Waals surface area contributed by atoms with Gasteiger partial charge >= 0.3 is 6.18 Å². The summed E-state index contributed by atoms with van der Waals surface area (Å²) in [7, 11) is 0. The van der Waals surface area contributed by atoms with Crippen LogP contribution in [0.3, 0.4) is 0 Å². The molecule has 0 aliphatic carbocycles. The lowest BCUT2D eigenvalue weighted by Crippen LogP contribution is -2.09. The molecule has 0 saturated heterocycles. The van der Waals surface area contributed by atoms with Crippen LogP contribution < -0.4 is 0 Å². The molecule has 0 aliphatic rings. The molecule has 0 unspecified atom stereocenters. The van der Waals surface area contributed by atoms with E-state index in [2.05, 4.69) is 4.74 Å². The van der Waals surface area contributed by atoms with Gasteiger partial charge in [-0.3, -0.25) is 0 Å². The zero-order valence-corrected chi connectivity index (χ0v) is 8.29. The molecule has 0 bridgehead atoms. The molecular weight excluding hydrogens is 209 g/mol. The summed E-state index contributed by atoms with van der Waals surface area (Å²) in [5.41, 5.74) is -0.807. The Morgan fingerprint density at radius 2 is 2.07 bits per heavy atom. The fraction of sp³-hybridized carbons (Fsp3) is 0.400. The SMILES string of the molecule is C/C=C/C=C(\C=C\OCCO)C(F)(F)F. The number of hydrogen-bond acceptors (Lipinski definition) is 2. The van der Waals surface area contributed by atoms with Crippen molar-refractivity contribution in [1.82, 2.24) is 0 Å². The van der Waals surface area contributed by atoms with Gasteiger partial charge in [-0.25, -0.2) is 0 Å². The minimum absolute atomic E-state index is 0.0226. The molecule has 0 aliphatic heterocycles. The maximum atomic E-state index is 12.3. The fourth-order valence-corrected chi connectivity index (χ4v) is 0.687. The largest absolute Gasteiger partial charge is 0.499 e. The predicted molar refractivity (Wildman–Crippen MR) is 51.1 cm³/mol. The highest BCUT2D eigenvalue weighted by Crippen LogP contribution is 2.26. The highest BCUT2D eigenvalue weighted by molar-refractivity contribution is 5.27. The van der Waals surface area contributed by atoms with E-state index in [0.29, 0.717) is 0 Å². The van der Waals surface area contributed by atoms with E-state index in [1.54, 1.807) is 6.92 Å². The summed E-state index contributed by atoms with van der Waals surface area (Å²) in [4.78, 5) is 0. The van der Waals surface area contributed by atoms with Crippen LogP contribution in [0.2, 0.25) is 0 Å². The van der Waals surface area contributed by atoms with Gasteiger partial charge in [0.25, 0.3) is 0 Å². The maximum absolute atomic E-state index is 12.3. The quantitative estimate of drug-likeness (QED) is 0.440.